The number of piperidine rings is 1. The Labute approximate surface area is 154 Å². The zero-order valence-electron chi connectivity index (χ0n) is 13.4. The van der Waals surface area contributed by atoms with Crippen molar-refractivity contribution in [2.75, 3.05) is 18.4 Å². The maximum atomic E-state index is 12.3. The lowest BCUT2D eigenvalue weighted by molar-refractivity contribution is -0.143. The van der Waals surface area contributed by atoms with Gasteiger partial charge in [0.2, 0.25) is 0 Å². The van der Waals surface area contributed by atoms with E-state index < -0.39 is 11.9 Å². The van der Waals surface area contributed by atoms with Crippen LogP contribution >= 0.6 is 22.9 Å². The number of carbonyl (C=O) groups excluding carboxylic acids is 1. The zero-order chi connectivity index (χ0) is 17.8. The summed E-state index contributed by atoms with van der Waals surface area (Å²) in [4.78, 5) is 30.2. The fourth-order valence-electron chi connectivity index (χ4n) is 2.81. The van der Waals surface area contributed by atoms with Crippen molar-refractivity contribution in [3.63, 3.8) is 0 Å². The number of carbonyl (C=O) groups is 2. The number of urea groups is 1. The number of nitrogens with one attached hydrogen (secondary N) is 1. The molecule has 8 heteroatoms. The average Bonchev–Trinajstić information content (AvgIpc) is 3.04. The molecule has 2 aromatic rings. The molecule has 1 aromatic heterocycles. The lowest BCUT2D eigenvalue weighted by Gasteiger charge is -2.30. The molecule has 132 valence electrons. The van der Waals surface area contributed by atoms with E-state index in [2.05, 4.69) is 10.3 Å². The molecule has 0 radical (unpaired) electrons. The Morgan fingerprint density at radius 1 is 1.40 bits per heavy atom. The lowest BCUT2D eigenvalue weighted by Crippen LogP contribution is -2.44. The monoisotopic (exact) mass is 379 g/mol. The lowest BCUT2D eigenvalue weighted by atomic mass is 9.99. The van der Waals surface area contributed by atoms with Gasteiger partial charge in [-0.25, -0.2) is 9.78 Å². The molecule has 1 aliphatic rings. The molecule has 2 heterocycles. The molecule has 1 unspecified atom stereocenters. The van der Waals surface area contributed by atoms with Gasteiger partial charge in [0.05, 0.1) is 5.92 Å². The number of benzene rings is 1. The average molecular weight is 380 g/mol. The number of hydrogen-bond donors (Lipinski definition) is 2. The first-order valence-electron chi connectivity index (χ1n) is 8.00. The third-order valence-electron chi connectivity index (χ3n) is 4.15. The maximum absolute atomic E-state index is 12.3. The standard InChI is InChI=1S/C17H18ClN3O3S/c18-14-6-2-1-4-11(14)8-13-9-19-16(25-13)20-17(24)21-7-3-5-12(10-21)15(22)23/h1-2,4,6,9,12H,3,5,7-8,10H2,(H,22,23)(H,19,20,24). The minimum Gasteiger partial charge on any atom is -0.481 e. The fraction of sp³-hybridized carbons (Fsp3) is 0.353. The fourth-order valence-corrected chi connectivity index (χ4v) is 3.84. The first kappa shape index (κ1) is 17.7. The van der Waals surface area contributed by atoms with E-state index in [4.69, 9.17) is 16.7 Å². The van der Waals surface area contributed by atoms with Crippen LogP contribution in [0.4, 0.5) is 9.93 Å². The van der Waals surface area contributed by atoms with Gasteiger partial charge in [0.15, 0.2) is 5.13 Å². The number of thiazole rings is 1. The smallest absolute Gasteiger partial charge is 0.323 e. The van der Waals surface area contributed by atoms with Gasteiger partial charge >= 0.3 is 12.0 Å². The molecule has 25 heavy (non-hydrogen) atoms. The van der Waals surface area contributed by atoms with E-state index in [1.807, 2.05) is 24.3 Å². The number of aromatic nitrogens is 1. The number of carboxylic acid groups (broad SMARTS) is 1. The molecular formula is C17H18ClN3O3S. The molecule has 2 amide bonds. The van der Waals surface area contributed by atoms with Gasteiger partial charge in [-0.05, 0) is 24.5 Å². The molecule has 3 rings (SSSR count). The van der Waals surface area contributed by atoms with Gasteiger partial charge in [-0.3, -0.25) is 10.1 Å². The van der Waals surface area contributed by atoms with E-state index in [0.717, 1.165) is 10.4 Å². The molecule has 1 aliphatic heterocycles. The van der Waals surface area contributed by atoms with E-state index in [1.165, 1.54) is 16.2 Å². The minimum absolute atomic E-state index is 0.235. The van der Waals surface area contributed by atoms with Crippen LogP contribution in [0, 0.1) is 5.92 Å². The van der Waals surface area contributed by atoms with Crippen molar-refractivity contribution in [1.82, 2.24) is 9.88 Å². The quantitative estimate of drug-likeness (QED) is 0.848. The first-order valence-corrected chi connectivity index (χ1v) is 9.19. The molecule has 2 N–H and O–H groups in total. The number of aliphatic carboxylic acids is 1. The van der Waals surface area contributed by atoms with Crippen LogP contribution in [0.2, 0.25) is 5.02 Å². The maximum Gasteiger partial charge on any atom is 0.323 e. The van der Waals surface area contributed by atoms with Crippen molar-refractivity contribution < 1.29 is 14.7 Å². The van der Waals surface area contributed by atoms with Gasteiger partial charge in [0.25, 0.3) is 0 Å². The Hall–Kier alpha value is -2.12. The van der Waals surface area contributed by atoms with Crippen molar-refractivity contribution >= 4 is 40.1 Å². The number of carboxylic acids is 1. The molecule has 0 aliphatic carbocycles. The van der Waals surface area contributed by atoms with Gasteiger partial charge < -0.3 is 10.0 Å². The summed E-state index contributed by atoms with van der Waals surface area (Å²) >= 11 is 7.56. The van der Waals surface area contributed by atoms with Crippen molar-refractivity contribution in [3.8, 4) is 0 Å². The van der Waals surface area contributed by atoms with E-state index in [0.29, 0.717) is 36.0 Å². The zero-order valence-corrected chi connectivity index (χ0v) is 15.0. The Kier molecular flexibility index (Phi) is 5.55. The Morgan fingerprint density at radius 3 is 2.96 bits per heavy atom. The molecule has 1 aromatic carbocycles. The van der Waals surface area contributed by atoms with E-state index in [1.54, 1.807) is 6.20 Å². The second-order valence-corrected chi connectivity index (χ2v) is 7.48. The van der Waals surface area contributed by atoms with Crippen molar-refractivity contribution in [3.05, 3.63) is 45.9 Å². The van der Waals surface area contributed by atoms with Gasteiger partial charge in [0, 0.05) is 35.6 Å². The number of likely N-dealkylation sites (tertiary alicyclic amines) is 1. The van der Waals surface area contributed by atoms with Crippen molar-refractivity contribution in [2.24, 2.45) is 5.92 Å². The Bertz CT molecular complexity index is 780. The largest absolute Gasteiger partial charge is 0.481 e. The molecule has 1 atom stereocenters. The summed E-state index contributed by atoms with van der Waals surface area (Å²) in [7, 11) is 0. The summed E-state index contributed by atoms with van der Waals surface area (Å²) in [6.07, 6.45) is 3.68. The van der Waals surface area contributed by atoms with Gasteiger partial charge in [0.1, 0.15) is 0 Å². The highest BCUT2D eigenvalue weighted by atomic mass is 35.5. The van der Waals surface area contributed by atoms with Crippen LogP contribution in [0.3, 0.4) is 0 Å². The van der Waals surface area contributed by atoms with Crippen LogP contribution in [-0.4, -0.2) is 40.1 Å². The molecule has 1 saturated heterocycles. The van der Waals surface area contributed by atoms with E-state index >= 15 is 0 Å². The van der Waals surface area contributed by atoms with Gasteiger partial charge in [-0.15, -0.1) is 11.3 Å². The highest BCUT2D eigenvalue weighted by molar-refractivity contribution is 7.15. The SMILES string of the molecule is O=C(O)C1CCCN(C(=O)Nc2ncc(Cc3ccccc3Cl)s2)C1. The number of amides is 2. The third kappa shape index (κ3) is 4.49. The first-order chi connectivity index (χ1) is 12.0. The molecule has 6 nitrogen and oxygen atoms in total. The van der Waals surface area contributed by atoms with Crippen LogP contribution in [0.15, 0.2) is 30.5 Å². The second-order valence-electron chi connectivity index (χ2n) is 5.95. The summed E-state index contributed by atoms with van der Waals surface area (Å²) < 4.78 is 0. The minimum atomic E-state index is -0.853. The molecular weight excluding hydrogens is 362 g/mol. The molecule has 0 spiro atoms. The van der Waals surface area contributed by atoms with Crippen LogP contribution in [0.25, 0.3) is 0 Å². The predicted molar refractivity (Wildman–Crippen MR) is 97.3 cm³/mol. The summed E-state index contributed by atoms with van der Waals surface area (Å²) in [6, 6.07) is 7.31. The van der Waals surface area contributed by atoms with Crippen molar-refractivity contribution in [2.45, 2.75) is 19.3 Å². The number of hydrogen-bond acceptors (Lipinski definition) is 4. The number of nitrogens with zero attached hydrogens (tertiary/aromatic N) is 2. The van der Waals surface area contributed by atoms with Crippen LogP contribution < -0.4 is 5.32 Å². The van der Waals surface area contributed by atoms with Crippen LogP contribution in [-0.2, 0) is 11.2 Å². The molecule has 0 bridgehead atoms. The number of rotatable bonds is 4. The van der Waals surface area contributed by atoms with Crippen LogP contribution in [0.5, 0.6) is 0 Å². The van der Waals surface area contributed by atoms with Crippen molar-refractivity contribution in [1.29, 1.82) is 0 Å². The summed E-state index contributed by atoms with van der Waals surface area (Å²) in [5, 5.41) is 13.1. The number of anilines is 1. The predicted octanol–water partition coefficient (Wildman–Crippen LogP) is 3.72. The summed E-state index contributed by atoms with van der Waals surface area (Å²) in [5.41, 5.74) is 1.01. The van der Waals surface area contributed by atoms with Crippen LogP contribution in [0.1, 0.15) is 23.3 Å². The molecule has 0 saturated carbocycles. The Balaban J connectivity index is 1.60. The second kappa shape index (κ2) is 7.84. The summed E-state index contributed by atoms with van der Waals surface area (Å²) in [5.74, 6) is -1.35. The van der Waals surface area contributed by atoms with Gasteiger partial charge in [-0.1, -0.05) is 29.8 Å². The van der Waals surface area contributed by atoms with E-state index in [-0.39, 0.29) is 12.6 Å². The highest BCUT2D eigenvalue weighted by Crippen LogP contribution is 2.25. The Morgan fingerprint density at radius 2 is 2.20 bits per heavy atom. The number of halogens is 1. The topological polar surface area (TPSA) is 82.5 Å². The van der Waals surface area contributed by atoms with E-state index in [9.17, 15) is 9.59 Å². The highest BCUT2D eigenvalue weighted by Gasteiger charge is 2.28. The van der Waals surface area contributed by atoms with Gasteiger partial charge in [-0.2, -0.15) is 0 Å². The normalized spacial score (nSPS) is 17.3. The third-order valence-corrected chi connectivity index (χ3v) is 5.43. The summed E-state index contributed by atoms with van der Waals surface area (Å²) in [6.45, 7) is 0.798. The molecule has 1 fully saturated rings.